The van der Waals surface area contributed by atoms with E-state index in [-0.39, 0.29) is 18.4 Å². The van der Waals surface area contributed by atoms with E-state index >= 15 is 0 Å². The zero-order valence-corrected chi connectivity index (χ0v) is 21.6. The van der Waals surface area contributed by atoms with Gasteiger partial charge in [0.25, 0.3) is 5.91 Å². The van der Waals surface area contributed by atoms with Crippen molar-refractivity contribution in [2.75, 3.05) is 13.1 Å². The standard InChI is InChI=1S/C30H28ClN3O4/c31-23-13-10-21(11-14-23)29-26(8-4-5-9-28(35)36)32-27-16-22(12-15-25(27)33-29)30(37)34-17-24(18-34)38-19-20-6-2-1-3-7-20/h1-3,6-7,10-16,24H,4-5,8-9,17-19H2,(H,35,36). The van der Waals surface area contributed by atoms with E-state index < -0.39 is 5.97 Å². The minimum absolute atomic E-state index is 0.0266. The summed E-state index contributed by atoms with van der Waals surface area (Å²) in [6, 6.07) is 22.8. The molecule has 2 heterocycles. The van der Waals surface area contributed by atoms with Crippen LogP contribution in [-0.4, -0.2) is 51.0 Å². The molecule has 38 heavy (non-hydrogen) atoms. The van der Waals surface area contributed by atoms with Crippen molar-refractivity contribution in [3.05, 3.63) is 94.6 Å². The van der Waals surface area contributed by atoms with Gasteiger partial charge in [-0.05, 0) is 55.2 Å². The Morgan fingerprint density at radius 3 is 2.45 bits per heavy atom. The number of hydrogen-bond donors (Lipinski definition) is 1. The Balaban J connectivity index is 1.31. The molecule has 194 valence electrons. The number of aryl methyl sites for hydroxylation is 1. The maximum Gasteiger partial charge on any atom is 0.303 e. The highest BCUT2D eigenvalue weighted by molar-refractivity contribution is 6.30. The molecule has 0 unspecified atom stereocenters. The van der Waals surface area contributed by atoms with Gasteiger partial charge in [0.1, 0.15) is 0 Å². The minimum Gasteiger partial charge on any atom is -0.481 e. The van der Waals surface area contributed by atoms with E-state index in [1.54, 1.807) is 17.0 Å². The maximum absolute atomic E-state index is 13.1. The number of aliphatic carboxylic acids is 1. The SMILES string of the molecule is O=C(O)CCCCc1nc2cc(C(=O)N3CC(OCc4ccccc4)C3)ccc2nc1-c1ccc(Cl)cc1. The van der Waals surface area contributed by atoms with Crippen molar-refractivity contribution in [2.45, 2.75) is 38.4 Å². The summed E-state index contributed by atoms with van der Waals surface area (Å²) in [5, 5.41) is 9.61. The number of amides is 1. The summed E-state index contributed by atoms with van der Waals surface area (Å²) < 4.78 is 5.93. The fourth-order valence-electron chi connectivity index (χ4n) is 4.49. The van der Waals surface area contributed by atoms with Gasteiger partial charge in [-0.1, -0.05) is 54.1 Å². The van der Waals surface area contributed by atoms with Crippen LogP contribution in [0.2, 0.25) is 5.02 Å². The third-order valence-electron chi connectivity index (χ3n) is 6.62. The Labute approximate surface area is 226 Å². The first kappa shape index (κ1) is 25.8. The summed E-state index contributed by atoms with van der Waals surface area (Å²) >= 11 is 6.07. The van der Waals surface area contributed by atoms with Crippen molar-refractivity contribution in [1.29, 1.82) is 0 Å². The molecule has 1 fully saturated rings. The highest BCUT2D eigenvalue weighted by Crippen LogP contribution is 2.27. The predicted molar refractivity (Wildman–Crippen MR) is 146 cm³/mol. The molecule has 0 spiro atoms. The van der Waals surface area contributed by atoms with E-state index in [0.717, 1.165) is 22.5 Å². The van der Waals surface area contributed by atoms with Gasteiger partial charge in [0.2, 0.25) is 0 Å². The third-order valence-corrected chi connectivity index (χ3v) is 6.87. The molecule has 0 radical (unpaired) electrons. The molecule has 1 aromatic heterocycles. The molecule has 0 atom stereocenters. The van der Waals surface area contributed by atoms with Gasteiger partial charge in [-0.25, -0.2) is 9.97 Å². The number of carbonyl (C=O) groups is 2. The molecule has 4 aromatic rings. The lowest BCUT2D eigenvalue weighted by Gasteiger charge is -2.39. The van der Waals surface area contributed by atoms with Crippen molar-refractivity contribution in [3.63, 3.8) is 0 Å². The fraction of sp³-hybridized carbons (Fsp3) is 0.267. The zero-order valence-electron chi connectivity index (χ0n) is 20.8. The number of carboxylic acids is 1. The Kier molecular flexibility index (Phi) is 7.96. The Bertz CT molecular complexity index is 1440. The Morgan fingerprint density at radius 2 is 1.71 bits per heavy atom. The first-order valence-corrected chi connectivity index (χ1v) is 13.1. The van der Waals surface area contributed by atoms with Crippen LogP contribution >= 0.6 is 11.6 Å². The highest BCUT2D eigenvalue weighted by atomic mass is 35.5. The summed E-state index contributed by atoms with van der Waals surface area (Å²) in [6.07, 6.45) is 1.94. The highest BCUT2D eigenvalue weighted by Gasteiger charge is 2.32. The van der Waals surface area contributed by atoms with E-state index in [1.807, 2.05) is 60.7 Å². The number of carbonyl (C=O) groups excluding carboxylic acids is 1. The van der Waals surface area contributed by atoms with Crippen LogP contribution in [0.25, 0.3) is 22.3 Å². The molecule has 1 amide bonds. The summed E-state index contributed by atoms with van der Waals surface area (Å²) in [5.74, 6) is -0.868. The normalized spacial score (nSPS) is 13.4. The summed E-state index contributed by atoms with van der Waals surface area (Å²) in [4.78, 5) is 35.6. The van der Waals surface area contributed by atoms with Crippen LogP contribution in [0, 0.1) is 0 Å². The van der Waals surface area contributed by atoms with E-state index in [0.29, 0.717) is 60.6 Å². The molecule has 1 aliphatic heterocycles. The smallest absolute Gasteiger partial charge is 0.303 e. The number of nitrogens with zero attached hydrogens (tertiary/aromatic N) is 3. The molecular formula is C30H28ClN3O4. The van der Waals surface area contributed by atoms with Crippen LogP contribution in [-0.2, 0) is 22.6 Å². The van der Waals surface area contributed by atoms with Gasteiger partial charge in [-0.3, -0.25) is 9.59 Å². The van der Waals surface area contributed by atoms with Crippen molar-refractivity contribution < 1.29 is 19.4 Å². The predicted octanol–water partition coefficient (Wildman–Crippen LogP) is 5.79. The maximum atomic E-state index is 13.1. The molecule has 7 nitrogen and oxygen atoms in total. The average molecular weight is 530 g/mol. The minimum atomic E-state index is -0.811. The first-order valence-electron chi connectivity index (χ1n) is 12.7. The molecule has 0 bridgehead atoms. The zero-order chi connectivity index (χ0) is 26.5. The van der Waals surface area contributed by atoms with Crippen LogP contribution in [0.4, 0.5) is 0 Å². The van der Waals surface area contributed by atoms with Gasteiger partial charge in [0.05, 0.1) is 35.1 Å². The largest absolute Gasteiger partial charge is 0.481 e. The number of aromatic nitrogens is 2. The van der Waals surface area contributed by atoms with Crippen LogP contribution in [0.15, 0.2) is 72.8 Å². The number of benzene rings is 3. The van der Waals surface area contributed by atoms with Gasteiger partial charge in [0.15, 0.2) is 0 Å². The molecule has 0 saturated carbocycles. The second-order valence-corrected chi connectivity index (χ2v) is 9.90. The summed E-state index contributed by atoms with van der Waals surface area (Å²) in [6.45, 7) is 1.64. The lowest BCUT2D eigenvalue weighted by atomic mass is 10.0. The van der Waals surface area contributed by atoms with E-state index in [4.69, 9.17) is 31.4 Å². The average Bonchev–Trinajstić information content (AvgIpc) is 2.90. The second kappa shape index (κ2) is 11.7. The molecule has 5 rings (SSSR count). The van der Waals surface area contributed by atoms with Gasteiger partial charge in [-0.2, -0.15) is 0 Å². The van der Waals surface area contributed by atoms with Crippen LogP contribution in [0.1, 0.15) is 40.9 Å². The lowest BCUT2D eigenvalue weighted by molar-refractivity contribution is -0.137. The van der Waals surface area contributed by atoms with Crippen LogP contribution in [0.5, 0.6) is 0 Å². The topological polar surface area (TPSA) is 92.6 Å². The molecule has 1 aliphatic rings. The van der Waals surface area contributed by atoms with Crippen LogP contribution in [0.3, 0.4) is 0 Å². The van der Waals surface area contributed by atoms with Gasteiger partial charge in [0, 0.05) is 35.7 Å². The summed E-state index contributed by atoms with van der Waals surface area (Å²) in [5.41, 5.74) is 5.40. The summed E-state index contributed by atoms with van der Waals surface area (Å²) in [7, 11) is 0. The number of carboxylic acid groups (broad SMARTS) is 1. The fourth-order valence-corrected chi connectivity index (χ4v) is 4.61. The Hall–Kier alpha value is -3.81. The van der Waals surface area contributed by atoms with Crippen molar-refractivity contribution in [2.24, 2.45) is 0 Å². The monoisotopic (exact) mass is 529 g/mol. The quantitative estimate of drug-likeness (QED) is 0.261. The lowest BCUT2D eigenvalue weighted by Crippen LogP contribution is -2.54. The van der Waals surface area contributed by atoms with Gasteiger partial charge >= 0.3 is 5.97 Å². The number of hydrogen-bond acceptors (Lipinski definition) is 5. The number of ether oxygens (including phenoxy) is 1. The van der Waals surface area contributed by atoms with Crippen LogP contribution < -0.4 is 0 Å². The second-order valence-electron chi connectivity index (χ2n) is 9.46. The number of likely N-dealkylation sites (tertiary alicyclic amines) is 1. The molecule has 3 aromatic carbocycles. The molecule has 0 aliphatic carbocycles. The van der Waals surface area contributed by atoms with Crippen molar-refractivity contribution >= 4 is 34.5 Å². The van der Waals surface area contributed by atoms with Gasteiger partial charge in [-0.15, -0.1) is 0 Å². The van der Waals surface area contributed by atoms with Gasteiger partial charge < -0.3 is 14.7 Å². The Morgan fingerprint density at radius 1 is 0.947 bits per heavy atom. The number of halogens is 1. The third kappa shape index (κ3) is 6.18. The van der Waals surface area contributed by atoms with Crippen molar-refractivity contribution in [3.8, 4) is 11.3 Å². The molecular weight excluding hydrogens is 502 g/mol. The van der Waals surface area contributed by atoms with E-state index in [1.165, 1.54) is 0 Å². The number of rotatable bonds is 10. The molecule has 1 saturated heterocycles. The molecule has 8 heteroatoms. The first-order chi connectivity index (χ1) is 18.5. The molecule has 1 N–H and O–H groups in total. The number of unbranched alkanes of at least 4 members (excludes halogenated alkanes) is 1. The van der Waals surface area contributed by atoms with E-state index in [2.05, 4.69) is 0 Å². The van der Waals surface area contributed by atoms with E-state index in [9.17, 15) is 9.59 Å². The number of fused-ring (bicyclic) bond motifs is 1. The van der Waals surface area contributed by atoms with Crippen molar-refractivity contribution in [1.82, 2.24) is 14.9 Å².